The Labute approximate surface area is 118 Å². The first-order valence-electron chi connectivity index (χ1n) is 6.53. The van der Waals surface area contributed by atoms with Gasteiger partial charge in [-0.15, -0.1) is 0 Å². The molecular formula is C14H17Cl2NO. The molecule has 1 fully saturated rings. The predicted octanol–water partition coefficient (Wildman–Crippen LogP) is 4.21. The fourth-order valence-corrected chi connectivity index (χ4v) is 3.21. The van der Waals surface area contributed by atoms with Crippen LogP contribution in [0.1, 0.15) is 37.8 Å². The van der Waals surface area contributed by atoms with E-state index in [1.807, 2.05) is 6.07 Å². The first kappa shape index (κ1) is 12.6. The van der Waals surface area contributed by atoms with E-state index in [1.165, 1.54) is 12.8 Å². The zero-order chi connectivity index (χ0) is 12.7. The molecule has 2 atom stereocenters. The summed E-state index contributed by atoms with van der Waals surface area (Å²) in [5, 5.41) is 4.98. The topological polar surface area (TPSA) is 21.3 Å². The fourth-order valence-electron chi connectivity index (χ4n) is 2.65. The monoisotopic (exact) mass is 285 g/mol. The van der Waals surface area contributed by atoms with Crippen LogP contribution in [0.4, 0.5) is 0 Å². The maximum Gasteiger partial charge on any atom is 0.142 e. The van der Waals surface area contributed by atoms with Crippen molar-refractivity contribution in [1.82, 2.24) is 5.32 Å². The molecule has 0 aromatic heterocycles. The zero-order valence-electron chi connectivity index (χ0n) is 10.4. The molecule has 2 aliphatic rings. The molecule has 18 heavy (non-hydrogen) atoms. The quantitative estimate of drug-likeness (QED) is 0.899. The summed E-state index contributed by atoms with van der Waals surface area (Å²) in [5.41, 5.74) is 1.10. The highest BCUT2D eigenvalue weighted by Gasteiger charge is 2.32. The summed E-state index contributed by atoms with van der Waals surface area (Å²) in [4.78, 5) is 0. The minimum absolute atomic E-state index is 0.306. The van der Waals surface area contributed by atoms with Crippen molar-refractivity contribution in [2.45, 2.75) is 38.3 Å². The van der Waals surface area contributed by atoms with Crippen molar-refractivity contribution in [3.05, 3.63) is 27.7 Å². The van der Waals surface area contributed by atoms with Crippen molar-refractivity contribution in [1.29, 1.82) is 0 Å². The molecule has 0 saturated heterocycles. The summed E-state index contributed by atoms with van der Waals surface area (Å²) in [5.74, 6) is 1.64. The Balaban J connectivity index is 1.85. The molecule has 1 aromatic carbocycles. The molecule has 0 amide bonds. The largest absolute Gasteiger partial charge is 0.492 e. The first-order valence-corrected chi connectivity index (χ1v) is 7.28. The molecular weight excluding hydrogens is 269 g/mol. The lowest BCUT2D eigenvalue weighted by atomic mass is 9.99. The van der Waals surface area contributed by atoms with Crippen LogP contribution in [0.5, 0.6) is 5.75 Å². The van der Waals surface area contributed by atoms with Gasteiger partial charge in [0.15, 0.2) is 0 Å². The van der Waals surface area contributed by atoms with Crippen molar-refractivity contribution < 1.29 is 4.74 Å². The standard InChI is InChI=1S/C14H17Cl2NO/c1-8(9-2-3-9)17-13-4-5-18-14-11(13)6-10(15)7-12(14)16/h6-9,13,17H,2-5H2,1H3. The Kier molecular flexibility index (Phi) is 3.44. The molecule has 1 aromatic rings. The number of fused-ring (bicyclic) bond motifs is 1. The van der Waals surface area contributed by atoms with Crippen molar-refractivity contribution >= 4 is 23.2 Å². The Bertz CT molecular complexity index is 459. The van der Waals surface area contributed by atoms with Gasteiger partial charge in [-0.1, -0.05) is 23.2 Å². The van der Waals surface area contributed by atoms with Gasteiger partial charge in [0.1, 0.15) is 5.75 Å². The van der Waals surface area contributed by atoms with E-state index in [9.17, 15) is 0 Å². The molecule has 0 radical (unpaired) electrons. The Morgan fingerprint density at radius 2 is 2.06 bits per heavy atom. The van der Waals surface area contributed by atoms with Crippen molar-refractivity contribution in [3.63, 3.8) is 0 Å². The van der Waals surface area contributed by atoms with Crippen molar-refractivity contribution in [3.8, 4) is 5.75 Å². The molecule has 4 heteroatoms. The van der Waals surface area contributed by atoms with Gasteiger partial charge in [0.25, 0.3) is 0 Å². The summed E-state index contributed by atoms with van der Waals surface area (Å²) in [7, 11) is 0. The number of hydrogen-bond donors (Lipinski definition) is 1. The van der Waals surface area contributed by atoms with Gasteiger partial charge in [-0.05, 0) is 37.8 Å². The second kappa shape index (κ2) is 4.92. The van der Waals surface area contributed by atoms with E-state index in [0.717, 1.165) is 23.7 Å². The van der Waals surface area contributed by atoms with Gasteiger partial charge >= 0.3 is 0 Å². The van der Waals surface area contributed by atoms with Crippen LogP contribution in [-0.2, 0) is 0 Å². The number of hydrogen-bond acceptors (Lipinski definition) is 2. The number of halogens is 2. The molecule has 98 valence electrons. The summed E-state index contributed by atoms with van der Waals surface area (Å²) in [6.07, 6.45) is 3.67. The molecule has 1 N–H and O–H groups in total. The number of ether oxygens (including phenoxy) is 1. The van der Waals surface area contributed by atoms with Gasteiger partial charge in [0.2, 0.25) is 0 Å². The van der Waals surface area contributed by atoms with E-state index in [-0.39, 0.29) is 0 Å². The lowest BCUT2D eigenvalue weighted by Gasteiger charge is -2.30. The first-order chi connectivity index (χ1) is 8.65. The van der Waals surface area contributed by atoms with Crippen LogP contribution in [0.15, 0.2) is 12.1 Å². The molecule has 1 aliphatic carbocycles. The van der Waals surface area contributed by atoms with Gasteiger partial charge in [-0.3, -0.25) is 0 Å². The Morgan fingerprint density at radius 1 is 1.28 bits per heavy atom. The lowest BCUT2D eigenvalue weighted by Crippen LogP contribution is -2.35. The van der Waals surface area contributed by atoms with Crippen LogP contribution in [0.3, 0.4) is 0 Å². The van der Waals surface area contributed by atoms with Gasteiger partial charge in [0.05, 0.1) is 11.6 Å². The minimum atomic E-state index is 0.306. The summed E-state index contributed by atoms with van der Waals surface area (Å²) in [6.45, 7) is 2.97. The van der Waals surface area contributed by atoms with Gasteiger partial charge < -0.3 is 10.1 Å². The summed E-state index contributed by atoms with van der Waals surface area (Å²) in [6, 6.07) is 4.58. The third-order valence-electron chi connectivity index (χ3n) is 3.86. The second-order valence-corrected chi connectivity index (χ2v) is 6.13. The zero-order valence-corrected chi connectivity index (χ0v) is 11.9. The highest BCUT2D eigenvalue weighted by atomic mass is 35.5. The van der Waals surface area contributed by atoms with Gasteiger partial charge in [-0.25, -0.2) is 0 Å². The van der Waals surface area contributed by atoms with Gasteiger partial charge in [0, 0.05) is 29.1 Å². The maximum absolute atomic E-state index is 6.19. The Morgan fingerprint density at radius 3 is 2.78 bits per heavy atom. The third kappa shape index (κ3) is 2.47. The molecule has 2 nitrogen and oxygen atoms in total. The number of benzene rings is 1. The molecule has 1 saturated carbocycles. The number of nitrogens with one attached hydrogen (secondary N) is 1. The molecule has 1 heterocycles. The number of rotatable bonds is 3. The van der Waals surface area contributed by atoms with Gasteiger partial charge in [-0.2, -0.15) is 0 Å². The summed E-state index contributed by atoms with van der Waals surface area (Å²) < 4.78 is 5.67. The molecule has 2 unspecified atom stereocenters. The Hall–Kier alpha value is -0.440. The fraction of sp³-hybridized carbons (Fsp3) is 0.571. The highest BCUT2D eigenvalue weighted by molar-refractivity contribution is 6.35. The van der Waals surface area contributed by atoms with Crippen LogP contribution < -0.4 is 10.1 Å². The SMILES string of the molecule is CC(NC1CCOc2c(Cl)cc(Cl)cc21)C1CC1. The highest BCUT2D eigenvalue weighted by Crippen LogP contribution is 2.41. The van der Waals surface area contributed by atoms with Crippen LogP contribution in [0.25, 0.3) is 0 Å². The van der Waals surface area contributed by atoms with E-state index >= 15 is 0 Å². The molecule has 3 rings (SSSR count). The van der Waals surface area contributed by atoms with Crippen LogP contribution in [-0.4, -0.2) is 12.6 Å². The lowest BCUT2D eigenvalue weighted by molar-refractivity contribution is 0.242. The van der Waals surface area contributed by atoms with Crippen LogP contribution >= 0.6 is 23.2 Å². The molecule has 0 spiro atoms. The van der Waals surface area contributed by atoms with Crippen LogP contribution in [0, 0.1) is 5.92 Å². The average Bonchev–Trinajstić information content (AvgIpc) is 3.14. The van der Waals surface area contributed by atoms with E-state index in [2.05, 4.69) is 12.2 Å². The molecule has 1 aliphatic heterocycles. The predicted molar refractivity (Wildman–Crippen MR) is 74.6 cm³/mol. The van der Waals surface area contributed by atoms with E-state index in [1.54, 1.807) is 6.07 Å². The van der Waals surface area contributed by atoms with Crippen molar-refractivity contribution in [2.24, 2.45) is 5.92 Å². The van der Waals surface area contributed by atoms with E-state index < -0.39 is 0 Å². The smallest absolute Gasteiger partial charge is 0.142 e. The average molecular weight is 286 g/mol. The van der Waals surface area contributed by atoms with E-state index in [0.29, 0.717) is 28.7 Å². The molecule has 0 bridgehead atoms. The van der Waals surface area contributed by atoms with Crippen molar-refractivity contribution in [2.75, 3.05) is 6.61 Å². The summed E-state index contributed by atoms with van der Waals surface area (Å²) >= 11 is 12.3. The normalized spacial score (nSPS) is 24.3. The third-order valence-corrected chi connectivity index (χ3v) is 4.36. The van der Waals surface area contributed by atoms with E-state index in [4.69, 9.17) is 27.9 Å². The second-order valence-electron chi connectivity index (χ2n) is 5.29. The maximum atomic E-state index is 6.19. The van der Waals surface area contributed by atoms with Crippen LogP contribution in [0.2, 0.25) is 10.0 Å². The minimum Gasteiger partial charge on any atom is -0.492 e.